The van der Waals surface area contributed by atoms with Gasteiger partial charge < -0.3 is 4.74 Å². The van der Waals surface area contributed by atoms with Crippen molar-refractivity contribution in [3.8, 4) is 5.75 Å². The van der Waals surface area contributed by atoms with Crippen LogP contribution in [0.5, 0.6) is 5.75 Å². The van der Waals surface area contributed by atoms with E-state index >= 15 is 0 Å². The summed E-state index contributed by atoms with van der Waals surface area (Å²) in [6.07, 6.45) is -3.12. The minimum Gasteiger partial charge on any atom is -0.433 e. The highest BCUT2D eigenvalue weighted by Gasteiger charge is 2.22. The fraction of sp³-hybridized carbons (Fsp3) is 0.250. The summed E-state index contributed by atoms with van der Waals surface area (Å²) >= 11 is 0. The first-order chi connectivity index (χ1) is 5.08. The van der Waals surface area contributed by atoms with Gasteiger partial charge in [0.05, 0.1) is 0 Å². The van der Waals surface area contributed by atoms with Gasteiger partial charge >= 0.3 is 6.11 Å². The van der Waals surface area contributed by atoms with Crippen LogP contribution in [0, 0.1) is 6.07 Å². The minimum atomic E-state index is -3.12. The molecule has 1 rings (SSSR count). The van der Waals surface area contributed by atoms with Crippen molar-refractivity contribution in [2.75, 3.05) is 0 Å². The third-order valence-electron chi connectivity index (χ3n) is 0.976. The number of benzene rings is 1. The summed E-state index contributed by atoms with van der Waals surface area (Å²) in [7, 11) is 0. The van der Waals surface area contributed by atoms with Crippen molar-refractivity contribution in [3.05, 3.63) is 30.3 Å². The van der Waals surface area contributed by atoms with Crippen LogP contribution >= 0.6 is 0 Å². The molecule has 0 heterocycles. The molecule has 0 aromatic heterocycles. The Balaban J connectivity index is 2.66. The number of rotatable bonds is 2. The van der Waals surface area contributed by atoms with E-state index in [1.165, 1.54) is 12.1 Å². The van der Waals surface area contributed by atoms with Crippen molar-refractivity contribution in [1.29, 1.82) is 0 Å². The van der Waals surface area contributed by atoms with Gasteiger partial charge in [-0.25, -0.2) is 0 Å². The topological polar surface area (TPSA) is 9.23 Å². The highest BCUT2D eigenvalue weighted by atomic mass is 19.3. The molecular weight excluding hydrogens is 150 g/mol. The van der Waals surface area contributed by atoms with Crippen molar-refractivity contribution in [1.82, 2.24) is 0 Å². The van der Waals surface area contributed by atoms with Crippen LogP contribution in [0.1, 0.15) is 6.92 Å². The molecule has 1 nitrogen and oxygen atoms in total. The second-order valence-corrected chi connectivity index (χ2v) is 2.15. The van der Waals surface area contributed by atoms with Crippen LogP contribution < -0.4 is 4.74 Å². The first-order valence-electron chi connectivity index (χ1n) is 3.11. The molecule has 11 heavy (non-hydrogen) atoms. The van der Waals surface area contributed by atoms with Crippen molar-refractivity contribution in [2.24, 2.45) is 0 Å². The Kier molecular flexibility index (Phi) is 2.08. The standard InChI is InChI=1S/C8H7F2O/c1-8(9,10)11-7-5-3-2-4-6-7/h2-3,5-6H,1H3. The maximum Gasteiger partial charge on any atom is 0.394 e. The zero-order valence-electron chi connectivity index (χ0n) is 5.97. The Hall–Kier alpha value is -1.12. The van der Waals surface area contributed by atoms with E-state index in [4.69, 9.17) is 0 Å². The van der Waals surface area contributed by atoms with Gasteiger partial charge in [-0.05, 0) is 18.2 Å². The number of hydrogen-bond donors (Lipinski definition) is 0. The molecule has 1 aromatic rings. The molecule has 0 aliphatic carbocycles. The van der Waals surface area contributed by atoms with Gasteiger partial charge in [0.15, 0.2) is 0 Å². The summed E-state index contributed by atoms with van der Waals surface area (Å²) in [6.45, 7) is 0.694. The van der Waals surface area contributed by atoms with Gasteiger partial charge in [0.2, 0.25) is 0 Å². The maximum atomic E-state index is 12.2. The molecule has 0 aliphatic heterocycles. The van der Waals surface area contributed by atoms with Crippen LogP contribution in [-0.2, 0) is 0 Å². The predicted octanol–water partition coefficient (Wildman–Crippen LogP) is 2.48. The first-order valence-corrected chi connectivity index (χ1v) is 3.11. The van der Waals surface area contributed by atoms with Gasteiger partial charge in [-0.3, -0.25) is 0 Å². The Bertz CT molecular complexity index is 215. The van der Waals surface area contributed by atoms with Crippen LogP contribution in [0.2, 0.25) is 0 Å². The molecule has 59 valence electrons. The van der Waals surface area contributed by atoms with E-state index in [0.29, 0.717) is 6.92 Å². The molecular formula is C8H7F2O. The number of halogens is 2. The van der Waals surface area contributed by atoms with E-state index in [2.05, 4.69) is 10.8 Å². The van der Waals surface area contributed by atoms with Crippen LogP contribution in [0.3, 0.4) is 0 Å². The highest BCUT2D eigenvalue weighted by Crippen LogP contribution is 2.19. The zero-order valence-corrected chi connectivity index (χ0v) is 5.97. The van der Waals surface area contributed by atoms with E-state index in [1.54, 1.807) is 12.1 Å². The van der Waals surface area contributed by atoms with E-state index in [9.17, 15) is 8.78 Å². The van der Waals surface area contributed by atoms with E-state index in [1.807, 2.05) is 0 Å². The normalized spacial score (nSPS) is 11.2. The second-order valence-electron chi connectivity index (χ2n) is 2.15. The molecule has 0 N–H and O–H groups in total. The number of ether oxygens (including phenoxy) is 1. The lowest BCUT2D eigenvalue weighted by molar-refractivity contribution is -0.158. The molecule has 0 saturated carbocycles. The quantitative estimate of drug-likeness (QED) is 0.640. The Morgan fingerprint density at radius 3 is 2.73 bits per heavy atom. The fourth-order valence-electron chi connectivity index (χ4n) is 0.647. The molecule has 1 aromatic carbocycles. The Morgan fingerprint density at radius 2 is 2.27 bits per heavy atom. The maximum absolute atomic E-state index is 12.2. The Morgan fingerprint density at radius 1 is 1.55 bits per heavy atom. The second kappa shape index (κ2) is 2.86. The molecule has 0 amide bonds. The summed E-state index contributed by atoms with van der Waals surface area (Å²) < 4.78 is 28.6. The van der Waals surface area contributed by atoms with Crippen LogP contribution in [0.4, 0.5) is 8.78 Å². The molecule has 0 saturated heterocycles. The average Bonchev–Trinajstić information content (AvgIpc) is 1.85. The summed E-state index contributed by atoms with van der Waals surface area (Å²) in [6, 6.07) is 8.63. The summed E-state index contributed by atoms with van der Waals surface area (Å²) in [5.41, 5.74) is 0. The first kappa shape index (κ1) is 7.98. The third-order valence-corrected chi connectivity index (χ3v) is 0.976. The van der Waals surface area contributed by atoms with Gasteiger partial charge in [-0.1, -0.05) is 12.1 Å². The van der Waals surface area contributed by atoms with Gasteiger partial charge in [0, 0.05) is 6.92 Å². The summed E-state index contributed by atoms with van der Waals surface area (Å²) in [5, 5.41) is 0. The number of hydrogen-bond acceptors (Lipinski definition) is 1. The largest absolute Gasteiger partial charge is 0.433 e. The third kappa shape index (κ3) is 2.98. The minimum absolute atomic E-state index is 0.125. The highest BCUT2D eigenvalue weighted by molar-refractivity contribution is 5.20. The zero-order chi connectivity index (χ0) is 8.32. The summed E-state index contributed by atoms with van der Waals surface area (Å²) in [5.74, 6) is 0.125. The lowest BCUT2D eigenvalue weighted by Crippen LogP contribution is -2.18. The van der Waals surface area contributed by atoms with Gasteiger partial charge in [0.25, 0.3) is 0 Å². The van der Waals surface area contributed by atoms with Crippen molar-refractivity contribution >= 4 is 0 Å². The van der Waals surface area contributed by atoms with Gasteiger partial charge in [-0.2, -0.15) is 8.78 Å². The molecule has 0 spiro atoms. The molecule has 0 aliphatic rings. The van der Waals surface area contributed by atoms with Gasteiger partial charge in [-0.15, -0.1) is 0 Å². The number of alkyl halides is 2. The fourth-order valence-corrected chi connectivity index (χ4v) is 0.647. The summed E-state index contributed by atoms with van der Waals surface area (Å²) in [4.78, 5) is 0. The monoisotopic (exact) mass is 157 g/mol. The lowest BCUT2D eigenvalue weighted by Gasteiger charge is -2.11. The van der Waals surface area contributed by atoms with E-state index < -0.39 is 6.11 Å². The molecule has 0 bridgehead atoms. The molecule has 3 heteroatoms. The smallest absolute Gasteiger partial charge is 0.394 e. The average molecular weight is 157 g/mol. The predicted molar refractivity (Wildman–Crippen MR) is 36.5 cm³/mol. The lowest BCUT2D eigenvalue weighted by atomic mass is 10.3. The Labute approximate surface area is 63.6 Å². The van der Waals surface area contributed by atoms with Crippen molar-refractivity contribution in [2.45, 2.75) is 13.0 Å². The van der Waals surface area contributed by atoms with Crippen molar-refractivity contribution < 1.29 is 13.5 Å². The van der Waals surface area contributed by atoms with Crippen LogP contribution in [-0.4, -0.2) is 6.11 Å². The van der Waals surface area contributed by atoms with Crippen molar-refractivity contribution in [3.63, 3.8) is 0 Å². The SMILES string of the molecule is CC(F)(F)Oc1c[c]ccc1. The van der Waals surface area contributed by atoms with Crippen LogP contribution in [0.15, 0.2) is 24.3 Å². The molecule has 0 unspecified atom stereocenters. The van der Waals surface area contributed by atoms with Gasteiger partial charge in [0.1, 0.15) is 5.75 Å². The molecule has 1 radical (unpaired) electrons. The molecule has 0 atom stereocenters. The van der Waals surface area contributed by atoms with E-state index in [0.717, 1.165) is 0 Å². The van der Waals surface area contributed by atoms with Crippen LogP contribution in [0.25, 0.3) is 0 Å². The van der Waals surface area contributed by atoms with E-state index in [-0.39, 0.29) is 5.75 Å². The molecule has 0 fully saturated rings.